The highest BCUT2D eigenvalue weighted by Gasteiger charge is 2.21. The summed E-state index contributed by atoms with van der Waals surface area (Å²) in [5.74, 6) is -0.265. The number of amides is 2. The Labute approximate surface area is 109 Å². The third kappa shape index (κ3) is 5.04. The van der Waals surface area contributed by atoms with Crippen molar-refractivity contribution < 1.29 is 9.59 Å². The zero-order chi connectivity index (χ0) is 13.5. The Morgan fingerprint density at radius 3 is 2.11 bits per heavy atom. The van der Waals surface area contributed by atoms with Gasteiger partial charge in [-0.15, -0.1) is 0 Å². The van der Waals surface area contributed by atoms with Gasteiger partial charge in [0.05, 0.1) is 13.1 Å². The van der Waals surface area contributed by atoms with Crippen LogP contribution in [0, 0.1) is 0 Å². The van der Waals surface area contributed by atoms with Crippen LogP contribution in [0.2, 0.25) is 0 Å². The molecule has 0 aromatic carbocycles. The average molecular weight is 255 g/mol. The first-order chi connectivity index (χ1) is 8.50. The van der Waals surface area contributed by atoms with Crippen LogP contribution in [-0.2, 0) is 9.59 Å². The average Bonchev–Trinajstić information content (AvgIpc) is 2.55. The normalized spacial score (nSPS) is 17.0. The Balaban J connectivity index is 2.51. The fourth-order valence-corrected chi connectivity index (χ4v) is 2.22. The lowest BCUT2D eigenvalue weighted by molar-refractivity contribution is -0.133. The van der Waals surface area contributed by atoms with E-state index in [0.29, 0.717) is 6.54 Å². The fraction of sp³-hybridized carbons (Fsp3) is 0.846. The molecule has 104 valence electrons. The minimum Gasteiger partial charge on any atom is -0.369 e. The predicted molar refractivity (Wildman–Crippen MR) is 71.0 cm³/mol. The van der Waals surface area contributed by atoms with E-state index in [9.17, 15) is 9.59 Å². The number of nitrogens with zero attached hydrogens (tertiary/aromatic N) is 2. The van der Waals surface area contributed by atoms with Crippen LogP contribution >= 0.6 is 0 Å². The molecule has 18 heavy (non-hydrogen) atoms. The van der Waals surface area contributed by atoms with Crippen LogP contribution in [0.25, 0.3) is 0 Å². The van der Waals surface area contributed by atoms with Crippen LogP contribution in [-0.4, -0.2) is 53.8 Å². The molecule has 1 saturated heterocycles. The number of hydrogen-bond donors (Lipinski definition) is 1. The largest absolute Gasteiger partial charge is 0.369 e. The van der Waals surface area contributed by atoms with E-state index in [4.69, 9.17) is 5.73 Å². The molecule has 1 aliphatic rings. The Morgan fingerprint density at radius 1 is 1.11 bits per heavy atom. The molecule has 1 rings (SSSR count). The summed E-state index contributed by atoms with van der Waals surface area (Å²) in [5.41, 5.74) is 5.20. The highest BCUT2D eigenvalue weighted by Crippen LogP contribution is 2.10. The third-order valence-corrected chi connectivity index (χ3v) is 3.39. The number of nitrogens with two attached hydrogens (primary N) is 1. The van der Waals surface area contributed by atoms with Gasteiger partial charge < -0.3 is 10.6 Å². The molecule has 0 saturated carbocycles. The summed E-state index contributed by atoms with van der Waals surface area (Å²) in [4.78, 5) is 26.9. The second-order valence-corrected chi connectivity index (χ2v) is 5.26. The van der Waals surface area contributed by atoms with Crippen molar-refractivity contribution in [3.8, 4) is 0 Å². The molecule has 0 spiro atoms. The summed E-state index contributed by atoms with van der Waals surface area (Å²) in [5, 5.41) is 0. The SMILES string of the molecule is CC(C)N(CC(N)=O)CC(=O)N1CCCCCC1. The maximum atomic E-state index is 12.2. The van der Waals surface area contributed by atoms with Crippen molar-refractivity contribution >= 4 is 11.8 Å². The molecule has 0 aromatic rings. The minimum atomic E-state index is -0.382. The molecule has 0 bridgehead atoms. The van der Waals surface area contributed by atoms with Crippen LogP contribution in [0.4, 0.5) is 0 Å². The van der Waals surface area contributed by atoms with Crippen molar-refractivity contribution in [3.63, 3.8) is 0 Å². The number of primary amides is 1. The van der Waals surface area contributed by atoms with E-state index in [-0.39, 0.29) is 24.4 Å². The zero-order valence-corrected chi connectivity index (χ0v) is 11.5. The second kappa shape index (κ2) is 7.36. The van der Waals surface area contributed by atoms with Crippen LogP contribution < -0.4 is 5.73 Å². The first kappa shape index (κ1) is 15.0. The minimum absolute atomic E-state index is 0.117. The van der Waals surface area contributed by atoms with Gasteiger partial charge in [0.15, 0.2) is 0 Å². The van der Waals surface area contributed by atoms with Gasteiger partial charge in [-0.3, -0.25) is 14.5 Å². The summed E-state index contributed by atoms with van der Waals surface area (Å²) in [7, 11) is 0. The van der Waals surface area contributed by atoms with Crippen molar-refractivity contribution in [2.45, 2.75) is 45.6 Å². The molecule has 5 nitrogen and oxygen atoms in total. The summed E-state index contributed by atoms with van der Waals surface area (Å²) in [6.45, 7) is 6.08. The van der Waals surface area contributed by atoms with Crippen molar-refractivity contribution in [1.29, 1.82) is 0 Å². The van der Waals surface area contributed by atoms with Gasteiger partial charge >= 0.3 is 0 Å². The van der Waals surface area contributed by atoms with E-state index in [1.54, 1.807) is 0 Å². The van der Waals surface area contributed by atoms with Crippen molar-refractivity contribution in [1.82, 2.24) is 9.80 Å². The molecule has 1 fully saturated rings. The van der Waals surface area contributed by atoms with Crippen LogP contribution in [0.15, 0.2) is 0 Å². The summed E-state index contributed by atoms with van der Waals surface area (Å²) < 4.78 is 0. The summed E-state index contributed by atoms with van der Waals surface area (Å²) in [6, 6.07) is 0.147. The number of carbonyl (C=O) groups excluding carboxylic acids is 2. The first-order valence-corrected chi connectivity index (χ1v) is 6.81. The lowest BCUT2D eigenvalue weighted by atomic mass is 10.2. The van der Waals surface area contributed by atoms with Crippen LogP contribution in [0.1, 0.15) is 39.5 Å². The Morgan fingerprint density at radius 2 is 1.67 bits per heavy atom. The van der Waals surface area contributed by atoms with Gasteiger partial charge in [0.2, 0.25) is 11.8 Å². The van der Waals surface area contributed by atoms with Gasteiger partial charge in [-0.1, -0.05) is 12.8 Å². The molecule has 0 radical (unpaired) electrons. The van der Waals surface area contributed by atoms with Crippen molar-refractivity contribution in [2.24, 2.45) is 5.73 Å². The lowest BCUT2D eigenvalue weighted by Gasteiger charge is -2.28. The molecule has 0 aliphatic carbocycles. The number of likely N-dealkylation sites (tertiary alicyclic amines) is 1. The zero-order valence-electron chi connectivity index (χ0n) is 11.5. The molecule has 2 amide bonds. The topological polar surface area (TPSA) is 66.6 Å². The van der Waals surface area contributed by atoms with E-state index >= 15 is 0 Å². The first-order valence-electron chi connectivity index (χ1n) is 6.81. The number of carbonyl (C=O) groups is 2. The highest BCUT2D eigenvalue weighted by atomic mass is 16.2. The van der Waals surface area contributed by atoms with Gasteiger partial charge in [-0.2, -0.15) is 0 Å². The fourth-order valence-electron chi connectivity index (χ4n) is 2.22. The second-order valence-electron chi connectivity index (χ2n) is 5.26. The highest BCUT2D eigenvalue weighted by molar-refractivity contribution is 5.80. The smallest absolute Gasteiger partial charge is 0.236 e. The van der Waals surface area contributed by atoms with E-state index < -0.39 is 0 Å². The van der Waals surface area contributed by atoms with Gasteiger partial charge in [0.25, 0.3) is 0 Å². The van der Waals surface area contributed by atoms with Gasteiger partial charge in [-0.25, -0.2) is 0 Å². The van der Waals surface area contributed by atoms with Crippen molar-refractivity contribution in [2.75, 3.05) is 26.2 Å². The molecule has 0 aromatic heterocycles. The van der Waals surface area contributed by atoms with Gasteiger partial charge in [0.1, 0.15) is 0 Å². The molecule has 0 unspecified atom stereocenters. The standard InChI is InChI=1S/C13H25N3O2/c1-11(2)16(9-12(14)17)10-13(18)15-7-5-3-4-6-8-15/h11H,3-10H2,1-2H3,(H2,14,17). The van der Waals surface area contributed by atoms with E-state index in [2.05, 4.69) is 0 Å². The predicted octanol–water partition coefficient (Wildman–Crippen LogP) is 0.585. The number of rotatable bonds is 5. The summed E-state index contributed by atoms with van der Waals surface area (Å²) in [6.07, 6.45) is 4.59. The Hall–Kier alpha value is -1.10. The van der Waals surface area contributed by atoms with Crippen LogP contribution in [0.3, 0.4) is 0 Å². The molecular formula is C13H25N3O2. The summed E-state index contributed by atoms with van der Waals surface area (Å²) >= 11 is 0. The monoisotopic (exact) mass is 255 g/mol. The van der Waals surface area contributed by atoms with Crippen molar-refractivity contribution in [3.05, 3.63) is 0 Å². The maximum Gasteiger partial charge on any atom is 0.236 e. The maximum absolute atomic E-state index is 12.2. The van der Waals surface area contributed by atoms with Crippen LogP contribution in [0.5, 0.6) is 0 Å². The molecular weight excluding hydrogens is 230 g/mol. The third-order valence-electron chi connectivity index (χ3n) is 3.39. The lowest BCUT2D eigenvalue weighted by Crippen LogP contribution is -2.46. The van der Waals surface area contributed by atoms with Gasteiger partial charge in [-0.05, 0) is 26.7 Å². The quantitative estimate of drug-likeness (QED) is 0.781. The molecule has 1 heterocycles. The molecule has 5 heteroatoms. The van der Waals surface area contributed by atoms with Gasteiger partial charge in [0, 0.05) is 19.1 Å². The Bertz CT molecular complexity index is 284. The Kier molecular flexibility index (Phi) is 6.12. The molecule has 2 N–H and O–H groups in total. The van der Waals surface area contributed by atoms with E-state index in [0.717, 1.165) is 25.9 Å². The van der Waals surface area contributed by atoms with E-state index in [1.165, 1.54) is 12.8 Å². The van der Waals surface area contributed by atoms with E-state index in [1.807, 2.05) is 23.6 Å². The molecule has 1 aliphatic heterocycles. The number of hydrogen-bond acceptors (Lipinski definition) is 3. The molecule has 0 atom stereocenters.